The highest BCUT2D eigenvalue weighted by Gasteiger charge is 2.43. The number of carbonyl (C=O) groups excluding carboxylic acids is 3. The first-order valence-electron chi connectivity index (χ1n) is 13.4. The SMILES string of the molecule is CC(C)CCN1C(=O)C(CC(=O)N2CCC(N3Cc4ccccc4NC3=O)CC2)SC1CC(C)(C)C. The molecule has 0 aliphatic carbocycles. The highest BCUT2D eigenvalue weighted by atomic mass is 32.2. The fourth-order valence-corrected chi connectivity index (χ4v) is 7.17. The van der Waals surface area contributed by atoms with Crippen LogP contribution in [0.3, 0.4) is 0 Å². The Morgan fingerprint density at radius 3 is 2.50 bits per heavy atom. The summed E-state index contributed by atoms with van der Waals surface area (Å²) in [5.74, 6) is 0.727. The topological polar surface area (TPSA) is 73.0 Å². The van der Waals surface area contributed by atoms with Crippen molar-refractivity contribution >= 4 is 35.3 Å². The van der Waals surface area contributed by atoms with Crippen LogP contribution in [0.15, 0.2) is 24.3 Å². The van der Waals surface area contributed by atoms with E-state index in [9.17, 15) is 14.4 Å². The Morgan fingerprint density at radius 2 is 1.83 bits per heavy atom. The molecular formula is C28H42N4O3S. The summed E-state index contributed by atoms with van der Waals surface area (Å²) in [6.07, 6.45) is 3.71. The lowest BCUT2D eigenvalue weighted by molar-refractivity contribution is -0.137. The monoisotopic (exact) mass is 514 g/mol. The molecule has 3 aliphatic rings. The number of para-hydroxylation sites is 1. The van der Waals surface area contributed by atoms with Crippen molar-refractivity contribution < 1.29 is 14.4 Å². The van der Waals surface area contributed by atoms with Gasteiger partial charge in [-0.2, -0.15) is 0 Å². The van der Waals surface area contributed by atoms with Crippen molar-refractivity contribution in [3.63, 3.8) is 0 Å². The molecule has 4 amide bonds. The van der Waals surface area contributed by atoms with Crippen LogP contribution in [0.1, 0.15) is 72.3 Å². The van der Waals surface area contributed by atoms with Gasteiger partial charge in [-0.05, 0) is 48.6 Å². The highest BCUT2D eigenvalue weighted by Crippen LogP contribution is 2.40. The van der Waals surface area contributed by atoms with Gasteiger partial charge in [-0.15, -0.1) is 11.8 Å². The predicted molar refractivity (Wildman–Crippen MR) is 146 cm³/mol. The zero-order valence-corrected chi connectivity index (χ0v) is 23.3. The van der Waals surface area contributed by atoms with Crippen LogP contribution in [-0.4, -0.2) is 68.8 Å². The van der Waals surface area contributed by atoms with E-state index in [0.717, 1.165) is 43.5 Å². The highest BCUT2D eigenvalue weighted by molar-refractivity contribution is 8.01. The maximum atomic E-state index is 13.3. The maximum Gasteiger partial charge on any atom is 0.322 e. The summed E-state index contributed by atoms with van der Waals surface area (Å²) < 4.78 is 0. The van der Waals surface area contributed by atoms with Crippen molar-refractivity contribution in [2.24, 2.45) is 11.3 Å². The van der Waals surface area contributed by atoms with Gasteiger partial charge in [0.05, 0.1) is 10.6 Å². The molecule has 1 aromatic carbocycles. The fourth-order valence-electron chi connectivity index (χ4n) is 5.35. The predicted octanol–water partition coefficient (Wildman–Crippen LogP) is 5.17. The lowest BCUT2D eigenvalue weighted by Crippen LogP contribution is -2.51. The average Bonchev–Trinajstić information content (AvgIpc) is 3.09. The number of likely N-dealkylation sites (tertiary alicyclic amines) is 1. The Bertz CT molecular complexity index is 968. The van der Waals surface area contributed by atoms with Crippen molar-refractivity contribution in [1.82, 2.24) is 14.7 Å². The summed E-state index contributed by atoms with van der Waals surface area (Å²) in [5, 5.41) is 2.84. The van der Waals surface area contributed by atoms with Crippen molar-refractivity contribution in [1.29, 1.82) is 0 Å². The molecule has 0 spiro atoms. The van der Waals surface area contributed by atoms with Crippen LogP contribution < -0.4 is 5.32 Å². The first-order valence-corrected chi connectivity index (χ1v) is 14.4. The molecule has 1 aromatic rings. The van der Waals surface area contributed by atoms with Gasteiger partial charge in [0.2, 0.25) is 11.8 Å². The molecule has 2 unspecified atom stereocenters. The van der Waals surface area contributed by atoms with Crippen LogP contribution in [0.2, 0.25) is 0 Å². The van der Waals surface area contributed by atoms with E-state index in [-0.39, 0.29) is 46.3 Å². The van der Waals surface area contributed by atoms with Gasteiger partial charge in [-0.25, -0.2) is 4.79 Å². The van der Waals surface area contributed by atoms with Gasteiger partial charge >= 0.3 is 6.03 Å². The van der Waals surface area contributed by atoms with E-state index in [4.69, 9.17) is 0 Å². The minimum atomic E-state index is -0.292. The molecule has 4 rings (SSSR count). The average molecular weight is 515 g/mol. The van der Waals surface area contributed by atoms with E-state index in [1.165, 1.54) is 0 Å². The van der Waals surface area contributed by atoms with Crippen LogP contribution in [-0.2, 0) is 16.1 Å². The molecular weight excluding hydrogens is 472 g/mol. The third-order valence-electron chi connectivity index (χ3n) is 7.44. The Balaban J connectivity index is 1.32. The molecule has 0 bridgehead atoms. The molecule has 36 heavy (non-hydrogen) atoms. The largest absolute Gasteiger partial charge is 0.342 e. The number of hydrogen-bond donors (Lipinski definition) is 1. The summed E-state index contributed by atoms with van der Waals surface area (Å²) in [6.45, 7) is 13.6. The maximum absolute atomic E-state index is 13.3. The van der Waals surface area contributed by atoms with Crippen LogP contribution in [0.5, 0.6) is 0 Å². The fraction of sp³-hybridized carbons (Fsp3) is 0.679. The number of thioether (sulfide) groups is 1. The third kappa shape index (κ3) is 6.36. The van der Waals surface area contributed by atoms with Crippen LogP contribution in [0, 0.1) is 11.3 Å². The number of rotatable bonds is 7. The number of carbonyl (C=O) groups is 3. The second-order valence-electron chi connectivity index (χ2n) is 12.1. The second-order valence-corrected chi connectivity index (χ2v) is 13.5. The number of hydrogen-bond acceptors (Lipinski definition) is 4. The first kappa shape index (κ1) is 26.8. The third-order valence-corrected chi connectivity index (χ3v) is 8.87. The summed E-state index contributed by atoms with van der Waals surface area (Å²) >= 11 is 1.68. The molecule has 2 fully saturated rings. The Kier molecular flexibility index (Phi) is 8.22. The molecule has 3 heterocycles. The van der Waals surface area contributed by atoms with Crippen LogP contribution in [0.25, 0.3) is 0 Å². The molecule has 2 saturated heterocycles. The summed E-state index contributed by atoms with van der Waals surface area (Å²) in [7, 11) is 0. The van der Waals surface area contributed by atoms with Gasteiger partial charge in [-0.3, -0.25) is 9.59 Å². The number of urea groups is 1. The lowest BCUT2D eigenvalue weighted by Gasteiger charge is -2.40. The quantitative estimate of drug-likeness (QED) is 0.545. The van der Waals surface area contributed by atoms with Crippen molar-refractivity contribution in [3.8, 4) is 0 Å². The van der Waals surface area contributed by atoms with Gasteiger partial charge in [0.25, 0.3) is 0 Å². The number of nitrogens with one attached hydrogen (secondary N) is 1. The van der Waals surface area contributed by atoms with Gasteiger partial charge < -0.3 is 20.0 Å². The summed E-state index contributed by atoms with van der Waals surface area (Å²) in [6, 6.07) is 7.97. The summed E-state index contributed by atoms with van der Waals surface area (Å²) in [4.78, 5) is 45.1. The number of piperidine rings is 1. The van der Waals surface area contributed by atoms with Crippen LogP contribution in [0.4, 0.5) is 10.5 Å². The Labute approximate surface area is 220 Å². The van der Waals surface area contributed by atoms with E-state index in [1.807, 2.05) is 39.0 Å². The molecule has 7 nitrogen and oxygen atoms in total. The number of nitrogens with zero attached hydrogens (tertiary/aromatic N) is 3. The molecule has 3 aliphatic heterocycles. The molecule has 0 saturated carbocycles. The van der Waals surface area contributed by atoms with E-state index in [1.54, 1.807) is 11.8 Å². The smallest absolute Gasteiger partial charge is 0.322 e. The Morgan fingerprint density at radius 1 is 1.14 bits per heavy atom. The minimum Gasteiger partial charge on any atom is -0.342 e. The van der Waals surface area contributed by atoms with E-state index in [2.05, 4.69) is 39.9 Å². The Hall–Kier alpha value is -2.22. The molecule has 2 atom stereocenters. The van der Waals surface area contributed by atoms with Gasteiger partial charge in [0, 0.05) is 44.3 Å². The van der Waals surface area contributed by atoms with Crippen LogP contribution >= 0.6 is 11.8 Å². The molecule has 0 radical (unpaired) electrons. The number of amides is 4. The number of anilines is 1. The lowest BCUT2D eigenvalue weighted by atomic mass is 9.92. The van der Waals surface area contributed by atoms with Crippen molar-refractivity contribution in [2.45, 2.75) is 89.9 Å². The second kappa shape index (κ2) is 11.0. The minimum absolute atomic E-state index is 0.0576. The number of benzene rings is 1. The normalized spacial score (nSPS) is 23.3. The number of fused-ring (bicyclic) bond motifs is 1. The molecule has 198 valence electrons. The van der Waals surface area contributed by atoms with E-state index < -0.39 is 0 Å². The molecule has 8 heteroatoms. The molecule has 0 aromatic heterocycles. The van der Waals surface area contributed by atoms with Crippen molar-refractivity contribution in [3.05, 3.63) is 29.8 Å². The van der Waals surface area contributed by atoms with E-state index in [0.29, 0.717) is 25.6 Å². The summed E-state index contributed by atoms with van der Waals surface area (Å²) in [5.41, 5.74) is 2.13. The van der Waals surface area contributed by atoms with Gasteiger partial charge in [-0.1, -0.05) is 52.8 Å². The zero-order chi connectivity index (χ0) is 26.0. The van der Waals surface area contributed by atoms with Gasteiger partial charge in [0.15, 0.2) is 0 Å². The standard InChI is InChI=1S/C28H42N4O3S/c1-19(2)10-15-31-25(17-28(3,4)5)36-23(26(31)34)16-24(33)30-13-11-21(12-14-30)32-18-20-8-6-7-9-22(20)29-27(32)35/h6-9,19,21,23,25H,10-18H2,1-5H3,(H,29,35). The first-order chi connectivity index (χ1) is 17.0. The van der Waals surface area contributed by atoms with Crippen molar-refractivity contribution in [2.75, 3.05) is 25.0 Å². The van der Waals surface area contributed by atoms with E-state index >= 15 is 0 Å². The van der Waals surface area contributed by atoms with Gasteiger partial charge in [0.1, 0.15) is 0 Å². The molecule has 1 N–H and O–H groups in total. The zero-order valence-electron chi connectivity index (χ0n) is 22.5.